The Morgan fingerprint density at radius 3 is 3.00 bits per heavy atom. The van der Waals surface area contributed by atoms with E-state index in [1.54, 1.807) is 12.1 Å². The first-order valence-corrected chi connectivity index (χ1v) is 8.76. The summed E-state index contributed by atoms with van der Waals surface area (Å²) in [5.41, 5.74) is 6.56. The first-order chi connectivity index (χ1) is 11.5. The number of amides is 1. The number of carbonyl (C=O) groups is 1. The molecule has 1 heterocycles. The topological polar surface area (TPSA) is 76.8 Å². The highest BCUT2D eigenvalue weighted by molar-refractivity contribution is 6.33. The van der Waals surface area contributed by atoms with Crippen LogP contribution in [0.2, 0.25) is 5.02 Å². The highest BCUT2D eigenvalue weighted by Crippen LogP contribution is 2.29. The molecule has 0 bridgehead atoms. The van der Waals surface area contributed by atoms with Crippen LogP contribution in [0.5, 0.6) is 5.75 Å². The number of hydrogen-bond donors (Lipinski definition) is 2. The van der Waals surface area contributed by atoms with Crippen LogP contribution in [-0.4, -0.2) is 56.3 Å². The number of halogens is 1. The normalized spacial score (nSPS) is 18.4. The average molecular weight is 356 g/mol. The Morgan fingerprint density at radius 2 is 2.29 bits per heavy atom. The molecule has 1 aliphatic heterocycles. The van der Waals surface area contributed by atoms with Crippen LogP contribution in [0.4, 0.5) is 5.69 Å². The molecular formula is C17H26ClN3O3. The molecule has 1 aromatic carbocycles. The third-order valence-electron chi connectivity index (χ3n) is 3.90. The summed E-state index contributed by atoms with van der Waals surface area (Å²) in [4.78, 5) is 14.8. The summed E-state index contributed by atoms with van der Waals surface area (Å²) in [5.74, 6) is 0.200. The monoisotopic (exact) mass is 355 g/mol. The molecule has 1 atom stereocenters. The first kappa shape index (κ1) is 18.8. The van der Waals surface area contributed by atoms with Crippen LogP contribution in [0.3, 0.4) is 0 Å². The summed E-state index contributed by atoms with van der Waals surface area (Å²) in [6.07, 6.45) is 1.11. The third-order valence-corrected chi connectivity index (χ3v) is 4.22. The molecule has 1 amide bonds. The third kappa shape index (κ3) is 5.00. The van der Waals surface area contributed by atoms with Gasteiger partial charge < -0.3 is 20.5 Å². The van der Waals surface area contributed by atoms with Crippen molar-refractivity contribution in [2.45, 2.75) is 26.4 Å². The van der Waals surface area contributed by atoms with Crippen LogP contribution in [0.25, 0.3) is 0 Å². The Kier molecular flexibility index (Phi) is 7.15. The van der Waals surface area contributed by atoms with Crippen LogP contribution in [-0.2, 0) is 4.74 Å². The molecule has 24 heavy (non-hydrogen) atoms. The summed E-state index contributed by atoms with van der Waals surface area (Å²) in [6.45, 7) is 8.42. The van der Waals surface area contributed by atoms with Gasteiger partial charge in [0.05, 0.1) is 35.6 Å². The molecule has 0 saturated carbocycles. The van der Waals surface area contributed by atoms with Gasteiger partial charge in [-0.2, -0.15) is 0 Å². The quantitative estimate of drug-likeness (QED) is 0.733. The van der Waals surface area contributed by atoms with Crippen molar-refractivity contribution >= 4 is 23.2 Å². The van der Waals surface area contributed by atoms with Gasteiger partial charge in [0.1, 0.15) is 5.75 Å². The lowest BCUT2D eigenvalue weighted by atomic mass is 10.1. The van der Waals surface area contributed by atoms with Gasteiger partial charge in [0.25, 0.3) is 5.91 Å². The minimum Gasteiger partial charge on any atom is -0.493 e. The van der Waals surface area contributed by atoms with E-state index in [-0.39, 0.29) is 12.0 Å². The van der Waals surface area contributed by atoms with Gasteiger partial charge in [-0.1, -0.05) is 18.5 Å². The predicted molar refractivity (Wildman–Crippen MR) is 95.8 cm³/mol. The summed E-state index contributed by atoms with van der Waals surface area (Å²) in [7, 11) is 0. The van der Waals surface area contributed by atoms with E-state index in [0.717, 1.165) is 26.1 Å². The molecule has 0 spiro atoms. The molecule has 1 unspecified atom stereocenters. The van der Waals surface area contributed by atoms with Crippen molar-refractivity contribution in [3.8, 4) is 5.75 Å². The van der Waals surface area contributed by atoms with E-state index >= 15 is 0 Å². The molecule has 1 saturated heterocycles. The lowest BCUT2D eigenvalue weighted by molar-refractivity contribution is -0.0262. The SMILES string of the molecule is CCCN1CCOC(CNC(=O)c2cc(Cl)c(N)cc2OCC)C1. The summed E-state index contributed by atoms with van der Waals surface area (Å²) in [6, 6.07) is 3.13. The van der Waals surface area contributed by atoms with Crippen molar-refractivity contribution in [2.24, 2.45) is 0 Å². The molecule has 7 heteroatoms. The number of morpholine rings is 1. The number of carbonyl (C=O) groups excluding carboxylic acids is 1. The highest BCUT2D eigenvalue weighted by Gasteiger charge is 2.22. The number of benzene rings is 1. The maximum atomic E-state index is 12.5. The summed E-state index contributed by atoms with van der Waals surface area (Å²) >= 11 is 6.04. The zero-order valence-electron chi connectivity index (χ0n) is 14.3. The molecule has 1 aromatic rings. The van der Waals surface area contributed by atoms with Gasteiger partial charge in [0, 0.05) is 25.7 Å². The molecule has 2 rings (SSSR count). The van der Waals surface area contributed by atoms with Gasteiger partial charge in [-0.25, -0.2) is 0 Å². The number of rotatable bonds is 7. The molecule has 6 nitrogen and oxygen atoms in total. The van der Waals surface area contributed by atoms with E-state index in [0.29, 0.717) is 41.8 Å². The Hall–Kier alpha value is -1.50. The number of nitrogens with zero attached hydrogens (tertiary/aromatic N) is 1. The van der Waals surface area contributed by atoms with E-state index in [1.807, 2.05) is 6.92 Å². The standard InChI is InChI=1S/C17H26ClN3O3/c1-3-5-21-6-7-24-12(11-21)10-20-17(22)13-8-14(18)15(19)9-16(13)23-4-2/h8-9,12H,3-7,10-11,19H2,1-2H3,(H,20,22). The van der Waals surface area contributed by atoms with Crippen molar-refractivity contribution in [3.05, 3.63) is 22.7 Å². The largest absolute Gasteiger partial charge is 0.493 e. The van der Waals surface area contributed by atoms with Gasteiger partial charge in [0.2, 0.25) is 0 Å². The zero-order chi connectivity index (χ0) is 17.5. The maximum Gasteiger partial charge on any atom is 0.255 e. The minimum atomic E-state index is -0.239. The number of anilines is 1. The molecule has 3 N–H and O–H groups in total. The molecule has 134 valence electrons. The zero-order valence-corrected chi connectivity index (χ0v) is 15.1. The van der Waals surface area contributed by atoms with Gasteiger partial charge >= 0.3 is 0 Å². The van der Waals surface area contributed by atoms with Gasteiger partial charge in [-0.3, -0.25) is 9.69 Å². The van der Waals surface area contributed by atoms with E-state index in [1.165, 1.54) is 0 Å². The number of nitrogens with two attached hydrogens (primary N) is 1. The Morgan fingerprint density at radius 1 is 1.50 bits per heavy atom. The summed E-state index contributed by atoms with van der Waals surface area (Å²) in [5, 5.41) is 3.25. The Labute approximate surface area is 148 Å². The predicted octanol–water partition coefficient (Wildman–Crippen LogP) is 2.16. The Balaban J connectivity index is 1.98. The maximum absolute atomic E-state index is 12.5. The highest BCUT2D eigenvalue weighted by atomic mass is 35.5. The second-order valence-electron chi connectivity index (χ2n) is 5.81. The Bertz CT molecular complexity index is 566. The smallest absolute Gasteiger partial charge is 0.255 e. The van der Waals surface area contributed by atoms with Crippen molar-refractivity contribution in [1.82, 2.24) is 10.2 Å². The second-order valence-corrected chi connectivity index (χ2v) is 6.21. The van der Waals surface area contributed by atoms with Crippen LogP contribution in [0.1, 0.15) is 30.6 Å². The van der Waals surface area contributed by atoms with E-state index in [2.05, 4.69) is 17.1 Å². The molecule has 0 aromatic heterocycles. The molecule has 1 fully saturated rings. The lowest BCUT2D eigenvalue weighted by Crippen LogP contribution is -2.47. The van der Waals surface area contributed by atoms with Crippen molar-refractivity contribution in [2.75, 3.05) is 45.1 Å². The molecule has 0 aliphatic carbocycles. The first-order valence-electron chi connectivity index (χ1n) is 8.39. The van der Waals surface area contributed by atoms with E-state index < -0.39 is 0 Å². The minimum absolute atomic E-state index is 0.00551. The van der Waals surface area contributed by atoms with Gasteiger partial charge in [-0.05, 0) is 26.0 Å². The van der Waals surface area contributed by atoms with Crippen LogP contribution >= 0.6 is 11.6 Å². The fourth-order valence-electron chi connectivity index (χ4n) is 2.75. The molecular weight excluding hydrogens is 330 g/mol. The number of nitrogens with one attached hydrogen (secondary N) is 1. The molecule has 1 aliphatic rings. The average Bonchev–Trinajstić information content (AvgIpc) is 2.57. The van der Waals surface area contributed by atoms with Crippen LogP contribution < -0.4 is 15.8 Å². The fourth-order valence-corrected chi connectivity index (χ4v) is 2.91. The second kappa shape index (κ2) is 9.11. The molecule has 0 radical (unpaired) electrons. The van der Waals surface area contributed by atoms with Crippen LogP contribution in [0.15, 0.2) is 12.1 Å². The number of hydrogen-bond acceptors (Lipinski definition) is 5. The number of ether oxygens (including phenoxy) is 2. The fraction of sp³-hybridized carbons (Fsp3) is 0.588. The van der Waals surface area contributed by atoms with E-state index in [9.17, 15) is 4.79 Å². The van der Waals surface area contributed by atoms with Gasteiger partial charge in [0.15, 0.2) is 0 Å². The lowest BCUT2D eigenvalue weighted by Gasteiger charge is -2.32. The van der Waals surface area contributed by atoms with Crippen molar-refractivity contribution < 1.29 is 14.3 Å². The van der Waals surface area contributed by atoms with Crippen molar-refractivity contribution in [1.29, 1.82) is 0 Å². The summed E-state index contributed by atoms with van der Waals surface area (Å²) < 4.78 is 11.2. The van der Waals surface area contributed by atoms with Crippen molar-refractivity contribution in [3.63, 3.8) is 0 Å². The number of nitrogen functional groups attached to an aromatic ring is 1. The van der Waals surface area contributed by atoms with Gasteiger partial charge in [-0.15, -0.1) is 0 Å². The van der Waals surface area contributed by atoms with E-state index in [4.69, 9.17) is 26.8 Å². The van der Waals surface area contributed by atoms with Crippen LogP contribution in [0, 0.1) is 0 Å².